The molecular formula is C14H28O3. The van der Waals surface area contributed by atoms with Crippen LogP contribution in [0.3, 0.4) is 0 Å². The number of carbonyl (C=O) groups is 1. The van der Waals surface area contributed by atoms with Crippen LogP contribution in [-0.4, -0.2) is 23.3 Å². The molecule has 0 aliphatic rings. The van der Waals surface area contributed by atoms with Gasteiger partial charge in [0.25, 0.3) is 0 Å². The standard InChI is InChI=1S/C14H28O3/c1-9(2)11(17-13(16)10(3)4)8-12(15)14(5,6)7/h9-12,15H,8H2,1-7H3/t11-,12-/m1/s1. The second-order valence-corrected chi connectivity index (χ2v) is 6.49. The normalized spacial score (nSPS) is 16.1. The first-order valence-electron chi connectivity index (χ1n) is 6.44. The summed E-state index contributed by atoms with van der Waals surface area (Å²) in [5.41, 5.74) is -0.183. The van der Waals surface area contributed by atoms with Crippen LogP contribution >= 0.6 is 0 Å². The Labute approximate surface area is 106 Å². The van der Waals surface area contributed by atoms with Gasteiger partial charge in [0.05, 0.1) is 12.0 Å². The van der Waals surface area contributed by atoms with Gasteiger partial charge in [0.1, 0.15) is 6.10 Å². The van der Waals surface area contributed by atoms with Crippen LogP contribution in [0.2, 0.25) is 0 Å². The van der Waals surface area contributed by atoms with Crippen LogP contribution in [0, 0.1) is 17.3 Å². The Hall–Kier alpha value is -0.570. The molecule has 102 valence electrons. The average Bonchev–Trinajstić information content (AvgIpc) is 2.14. The summed E-state index contributed by atoms with van der Waals surface area (Å²) in [5, 5.41) is 10.1. The summed E-state index contributed by atoms with van der Waals surface area (Å²) >= 11 is 0. The lowest BCUT2D eigenvalue weighted by Gasteiger charge is -2.31. The molecule has 0 saturated carbocycles. The van der Waals surface area contributed by atoms with Gasteiger partial charge in [-0.15, -0.1) is 0 Å². The predicted molar refractivity (Wildman–Crippen MR) is 69.6 cm³/mol. The van der Waals surface area contributed by atoms with Crippen LogP contribution in [0.15, 0.2) is 0 Å². The summed E-state index contributed by atoms with van der Waals surface area (Å²) in [4.78, 5) is 11.6. The molecule has 17 heavy (non-hydrogen) atoms. The number of aliphatic hydroxyl groups excluding tert-OH is 1. The number of hydrogen-bond donors (Lipinski definition) is 1. The van der Waals surface area contributed by atoms with Crippen LogP contribution in [-0.2, 0) is 9.53 Å². The molecule has 0 bridgehead atoms. The van der Waals surface area contributed by atoms with Gasteiger partial charge in [0, 0.05) is 6.42 Å². The maximum atomic E-state index is 11.6. The van der Waals surface area contributed by atoms with Crippen molar-refractivity contribution in [2.75, 3.05) is 0 Å². The van der Waals surface area contributed by atoms with E-state index in [0.717, 1.165) is 0 Å². The SMILES string of the molecule is CC(C)C(=O)O[C@H](C[C@@H](O)C(C)(C)C)C(C)C. The summed E-state index contributed by atoms with van der Waals surface area (Å²) in [6, 6.07) is 0. The van der Waals surface area contributed by atoms with Gasteiger partial charge in [0.2, 0.25) is 0 Å². The Morgan fingerprint density at radius 2 is 1.65 bits per heavy atom. The lowest BCUT2D eigenvalue weighted by Crippen LogP contribution is -2.35. The summed E-state index contributed by atoms with van der Waals surface area (Å²) in [6.07, 6.45) is -0.173. The van der Waals surface area contributed by atoms with Crippen molar-refractivity contribution in [3.63, 3.8) is 0 Å². The second kappa shape index (κ2) is 6.39. The first-order valence-corrected chi connectivity index (χ1v) is 6.44. The Balaban J connectivity index is 4.51. The number of esters is 1. The zero-order valence-electron chi connectivity index (χ0n) is 12.3. The summed E-state index contributed by atoms with van der Waals surface area (Å²) in [7, 11) is 0. The van der Waals surface area contributed by atoms with Crippen LogP contribution in [0.25, 0.3) is 0 Å². The third-order valence-corrected chi connectivity index (χ3v) is 2.94. The van der Waals surface area contributed by atoms with E-state index in [2.05, 4.69) is 0 Å². The number of hydrogen-bond acceptors (Lipinski definition) is 3. The van der Waals surface area contributed by atoms with Gasteiger partial charge in [-0.25, -0.2) is 0 Å². The molecule has 0 rings (SSSR count). The fraction of sp³-hybridized carbons (Fsp3) is 0.929. The third-order valence-electron chi connectivity index (χ3n) is 2.94. The molecule has 0 spiro atoms. The van der Waals surface area contributed by atoms with E-state index < -0.39 is 6.10 Å². The van der Waals surface area contributed by atoms with Crippen LogP contribution in [0.4, 0.5) is 0 Å². The molecule has 1 N–H and O–H groups in total. The molecule has 0 aromatic heterocycles. The van der Waals surface area contributed by atoms with Gasteiger partial charge in [-0.1, -0.05) is 48.5 Å². The number of aliphatic hydroxyl groups is 1. The highest BCUT2D eigenvalue weighted by molar-refractivity contribution is 5.71. The van der Waals surface area contributed by atoms with Gasteiger partial charge in [-0.2, -0.15) is 0 Å². The minimum Gasteiger partial charge on any atom is -0.462 e. The van der Waals surface area contributed by atoms with Gasteiger partial charge in [-0.3, -0.25) is 4.79 Å². The lowest BCUT2D eigenvalue weighted by molar-refractivity contribution is -0.157. The lowest BCUT2D eigenvalue weighted by atomic mass is 9.84. The maximum Gasteiger partial charge on any atom is 0.308 e. The largest absolute Gasteiger partial charge is 0.462 e. The van der Waals surface area contributed by atoms with Crippen molar-refractivity contribution in [2.24, 2.45) is 17.3 Å². The van der Waals surface area contributed by atoms with Gasteiger partial charge in [0.15, 0.2) is 0 Å². The molecule has 0 aromatic carbocycles. The summed E-state index contributed by atoms with van der Waals surface area (Å²) in [6.45, 7) is 13.6. The molecule has 0 aliphatic carbocycles. The minimum absolute atomic E-state index is 0.122. The number of carbonyl (C=O) groups excluding carboxylic acids is 1. The Kier molecular flexibility index (Phi) is 6.17. The van der Waals surface area contributed by atoms with Crippen molar-refractivity contribution < 1.29 is 14.6 Å². The monoisotopic (exact) mass is 244 g/mol. The molecule has 0 heterocycles. The molecule has 3 heteroatoms. The second-order valence-electron chi connectivity index (χ2n) is 6.49. The molecule has 0 unspecified atom stereocenters. The molecular weight excluding hydrogens is 216 g/mol. The quantitative estimate of drug-likeness (QED) is 0.756. The van der Waals surface area contributed by atoms with Crippen LogP contribution < -0.4 is 0 Å². The van der Waals surface area contributed by atoms with Crippen LogP contribution in [0.5, 0.6) is 0 Å². The Morgan fingerprint density at radius 3 is 1.94 bits per heavy atom. The molecule has 0 aromatic rings. The molecule has 0 amide bonds. The highest BCUT2D eigenvalue weighted by Crippen LogP contribution is 2.26. The van der Waals surface area contributed by atoms with E-state index in [1.165, 1.54) is 0 Å². The highest BCUT2D eigenvalue weighted by atomic mass is 16.5. The average molecular weight is 244 g/mol. The van der Waals surface area contributed by atoms with E-state index in [9.17, 15) is 9.90 Å². The zero-order valence-corrected chi connectivity index (χ0v) is 12.3. The molecule has 0 aliphatic heterocycles. The van der Waals surface area contributed by atoms with Gasteiger partial charge >= 0.3 is 5.97 Å². The minimum atomic E-state index is -0.463. The maximum absolute atomic E-state index is 11.6. The van der Waals surface area contributed by atoms with E-state index in [1.807, 2.05) is 48.5 Å². The number of rotatable bonds is 5. The summed E-state index contributed by atoms with van der Waals surface area (Å²) < 4.78 is 5.44. The zero-order chi connectivity index (χ0) is 13.8. The van der Waals surface area contributed by atoms with Gasteiger partial charge < -0.3 is 9.84 Å². The fourth-order valence-electron chi connectivity index (χ4n) is 1.32. The first-order chi connectivity index (χ1) is 7.55. The van der Waals surface area contributed by atoms with E-state index >= 15 is 0 Å². The Morgan fingerprint density at radius 1 is 1.18 bits per heavy atom. The molecule has 0 fully saturated rings. The van der Waals surface area contributed by atoms with Crippen molar-refractivity contribution in [1.82, 2.24) is 0 Å². The molecule has 3 nitrogen and oxygen atoms in total. The molecule has 0 radical (unpaired) electrons. The Bertz CT molecular complexity index is 238. The first kappa shape index (κ1) is 16.4. The van der Waals surface area contributed by atoms with Crippen LogP contribution in [0.1, 0.15) is 54.9 Å². The van der Waals surface area contributed by atoms with Crippen molar-refractivity contribution in [2.45, 2.75) is 67.1 Å². The topological polar surface area (TPSA) is 46.5 Å². The van der Waals surface area contributed by atoms with Crippen molar-refractivity contribution >= 4 is 5.97 Å². The predicted octanol–water partition coefficient (Wildman–Crippen LogP) is 3.01. The van der Waals surface area contributed by atoms with E-state index in [0.29, 0.717) is 6.42 Å². The fourth-order valence-corrected chi connectivity index (χ4v) is 1.32. The molecule has 0 saturated heterocycles. The van der Waals surface area contributed by atoms with E-state index in [-0.39, 0.29) is 29.3 Å². The van der Waals surface area contributed by atoms with Gasteiger partial charge in [-0.05, 0) is 11.3 Å². The van der Waals surface area contributed by atoms with Crippen molar-refractivity contribution in [3.8, 4) is 0 Å². The van der Waals surface area contributed by atoms with Crippen molar-refractivity contribution in [3.05, 3.63) is 0 Å². The summed E-state index contributed by atoms with van der Waals surface area (Å²) in [5.74, 6) is -0.0949. The molecule has 2 atom stereocenters. The van der Waals surface area contributed by atoms with E-state index in [1.54, 1.807) is 0 Å². The smallest absolute Gasteiger partial charge is 0.308 e. The highest BCUT2D eigenvalue weighted by Gasteiger charge is 2.29. The third kappa shape index (κ3) is 6.06. The van der Waals surface area contributed by atoms with E-state index in [4.69, 9.17) is 4.74 Å². The number of ether oxygens (including phenoxy) is 1. The van der Waals surface area contributed by atoms with Crippen molar-refractivity contribution in [1.29, 1.82) is 0 Å².